The third kappa shape index (κ3) is 4.42. The van der Waals surface area contributed by atoms with E-state index in [1.807, 2.05) is 6.92 Å². The molecule has 0 aliphatic carbocycles. The van der Waals surface area contributed by atoms with E-state index in [1.165, 1.54) is 30.1 Å². The number of rotatable bonds is 6. The van der Waals surface area contributed by atoms with Crippen molar-refractivity contribution in [3.63, 3.8) is 0 Å². The minimum atomic E-state index is -0.620. The van der Waals surface area contributed by atoms with Gasteiger partial charge in [-0.3, -0.25) is 19.7 Å². The molecule has 0 saturated carbocycles. The lowest BCUT2D eigenvalue weighted by Crippen LogP contribution is -2.40. The lowest BCUT2D eigenvalue weighted by Gasteiger charge is -2.21. The zero-order valence-corrected chi connectivity index (χ0v) is 12.5. The Morgan fingerprint density at radius 3 is 2.57 bits per heavy atom. The first-order valence-corrected chi connectivity index (χ1v) is 6.72. The Balaban J connectivity index is 3.00. The third-order valence-corrected chi connectivity index (χ3v) is 3.09. The highest BCUT2D eigenvalue weighted by molar-refractivity contribution is 6.33. The predicted octanol–water partition coefficient (Wildman–Crippen LogP) is 1.85. The molecular weight excluding hydrogens is 298 g/mol. The van der Waals surface area contributed by atoms with Gasteiger partial charge in [-0.2, -0.15) is 0 Å². The molecular formula is C13H16ClN3O4. The van der Waals surface area contributed by atoms with Gasteiger partial charge in [0.2, 0.25) is 5.91 Å². The number of benzene rings is 1. The van der Waals surface area contributed by atoms with Crippen LogP contribution in [0.3, 0.4) is 0 Å². The van der Waals surface area contributed by atoms with Crippen LogP contribution >= 0.6 is 11.6 Å². The number of nitro groups is 1. The normalized spacial score (nSPS) is 10.0. The second-order valence-corrected chi connectivity index (χ2v) is 4.73. The van der Waals surface area contributed by atoms with Gasteiger partial charge in [0.25, 0.3) is 11.6 Å². The van der Waals surface area contributed by atoms with Gasteiger partial charge in [-0.25, -0.2) is 0 Å². The Kier molecular flexibility index (Phi) is 6.10. The molecule has 7 nitrogen and oxygen atoms in total. The lowest BCUT2D eigenvalue weighted by molar-refractivity contribution is -0.384. The van der Waals surface area contributed by atoms with Gasteiger partial charge in [0.05, 0.1) is 11.5 Å². The molecule has 0 aliphatic heterocycles. The van der Waals surface area contributed by atoms with Crippen LogP contribution in [0.25, 0.3) is 0 Å². The highest BCUT2D eigenvalue weighted by Crippen LogP contribution is 2.25. The van der Waals surface area contributed by atoms with E-state index in [1.54, 1.807) is 0 Å². The number of hydrogen-bond donors (Lipinski definition) is 1. The number of carbonyl (C=O) groups is 2. The van der Waals surface area contributed by atoms with E-state index in [9.17, 15) is 19.7 Å². The summed E-state index contributed by atoms with van der Waals surface area (Å²) in [4.78, 5) is 35.2. The number of halogens is 1. The molecule has 0 atom stereocenters. The molecule has 0 spiro atoms. The van der Waals surface area contributed by atoms with Crippen LogP contribution in [0.1, 0.15) is 23.7 Å². The minimum absolute atomic E-state index is 0.0716. The fourth-order valence-electron chi connectivity index (χ4n) is 1.75. The molecule has 0 heterocycles. The first-order valence-electron chi connectivity index (χ1n) is 6.34. The summed E-state index contributed by atoms with van der Waals surface area (Å²) in [5.41, 5.74) is -0.0514. The Morgan fingerprint density at radius 1 is 1.43 bits per heavy atom. The molecule has 1 rings (SSSR count). The van der Waals surface area contributed by atoms with Crippen LogP contribution in [-0.2, 0) is 4.79 Å². The quantitative estimate of drug-likeness (QED) is 0.640. The van der Waals surface area contributed by atoms with Crippen molar-refractivity contribution in [1.29, 1.82) is 0 Å². The van der Waals surface area contributed by atoms with Gasteiger partial charge in [-0.15, -0.1) is 0 Å². The van der Waals surface area contributed by atoms with Crippen LogP contribution in [0.5, 0.6) is 0 Å². The van der Waals surface area contributed by atoms with Crippen molar-refractivity contribution in [2.45, 2.75) is 13.3 Å². The summed E-state index contributed by atoms with van der Waals surface area (Å²) in [6.45, 7) is 2.21. The van der Waals surface area contributed by atoms with E-state index in [2.05, 4.69) is 5.32 Å². The summed E-state index contributed by atoms with van der Waals surface area (Å²) in [6.07, 6.45) is 0.684. The number of nitrogens with zero attached hydrogens (tertiary/aromatic N) is 2. The first-order chi connectivity index (χ1) is 9.90. The molecule has 0 bridgehead atoms. The number of hydrogen-bond acceptors (Lipinski definition) is 4. The molecule has 8 heteroatoms. The van der Waals surface area contributed by atoms with Crippen molar-refractivity contribution >= 4 is 29.1 Å². The molecule has 0 saturated heterocycles. The summed E-state index contributed by atoms with van der Waals surface area (Å²) < 4.78 is 0. The van der Waals surface area contributed by atoms with Crippen molar-refractivity contribution in [1.82, 2.24) is 10.2 Å². The van der Waals surface area contributed by atoms with Gasteiger partial charge >= 0.3 is 0 Å². The van der Waals surface area contributed by atoms with E-state index in [0.29, 0.717) is 13.0 Å². The van der Waals surface area contributed by atoms with Crippen LogP contribution in [-0.4, -0.2) is 41.8 Å². The molecule has 0 aromatic heterocycles. The van der Waals surface area contributed by atoms with E-state index < -0.39 is 10.8 Å². The fourth-order valence-corrected chi connectivity index (χ4v) is 1.99. The molecule has 1 aromatic carbocycles. The number of nitro benzene ring substituents is 1. The average molecular weight is 314 g/mol. The van der Waals surface area contributed by atoms with Gasteiger partial charge in [0.15, 0.2) is 0 Å². The van der Waals surface area contributed by atoms with Crippen LogP contribution in [0, 0.1) is 10.1 Å². The lowest BCUT2D eigenvalue weighted by atomic mass is 10.1. The van der Waals surface area contributed by atoms with Crippen molar-refractivity contribution < 1.29 is 14.5 Å². The van der Waals surface area contributed by atoms with E-state index in [0.717, 1.165) is 0 Å². The molecule has 0 radical (unpaired) electrons. The second-order valence-electron chi connectivity index (χ2n) is 4.32. The maximum Gasteiger partial charge on any atom is 0.287 e. The number of amides is 2. The summed E-state index contributed by atoms with van der Waals surface area (Å²) in [7, 11) is 1.49. The smallest absolute Gasteiger partial charge is 0.287 e. The molecule has 0 unspecified atom stereocenters. The van der Waals surface area contributed by atoms with Gasteiger partial charge in [0.1, 0.15) is 5.02 Å². The molecule has 0 fully saturated rings. The average Bonchev–Trinajstić information content (AvgIpc) is 2.45. The summed E-state index contributed by atoms with van der Waals surface area (Å²) in [6, 6.07) is 3.76. The van der Waals surface area contributed by atoms with Gasteiger partial charge < -0.3 is 10.2 Å². The highest BCUT2D eigenvalue weighted by atomic mass is 35.5. The second kappa shape index (κ2) is 7.58. The standard InChI is InChI=1S/C13H16ClN3O4/c1-3-6-16(8-12(18)15-2)13(19)9-4-5-11(17(20)21)10(14)7-9/h4-5,7H,3,6,8H2,1-2H3,(H,15,18). The predicted molar refractivity (Wildman–Crippen MR) is 78.4 cm³/mol. The Bertz CT molecular complexity index is 562. The van der Waals surface area contributed by atoms with Crippen molar-refractivity contribution in [2.24, 2.45) is 0 Å². The first kappa shape index (κ1) is 16.9. The zero-order valence-electron chi connectivity index (χ0n) is 11.8. The fraction of sp³-hybridized carbons (Fsp3) is 0.385. The summed E-state index contributed by atoms with van der Waals surface area (Å²) in [5, 5.41) is 13.0. The number of likely N-dealkylation sites (N-methyl/N-ethyl adjacent to an activating group) is 1. The summed E-state index contributed by atoms with van der Waals surface area (Å²) >= 11 is 5.79. The molecule has 0 aliphatic rings. The van der Waals surface area contributed by atoms with Crippen LogP contribution in [0.2, 0.25) is 5.02 Å². The third-order valence-electron chi connectivity index (χ3n) is 2.79. The monoisotopic (exact) mass is 313 g/mol. The van der Waals surface area contributed by atoms with E-state index >= 15 is 0 Å². The van der Waals surface area contributed by atoms with Crippen LogP contribution in [0.4, 0.5) is 5.69 Å². The Labute approximate surface area is 127 Å². The minimum Gasteiger partial charge on any atom is -0.358 e. The molecule has 21 heavy (non-hydrogen) atoms. The zero-order chi connectivity index (χ0) is 16.0. The van der Waals surface area contributed by atoms with Crippen molar-refractivity contribution in [3.05, 3.63) is 38.9 Å². The van der Waals surface area contributed by atoms with Crippen LogP contribution < -0.4 is 5.32 Å². The van der Waals surface area contributed by atoms with E-state index in [-0.39, 0.29) is 28.7 Å². The van der Waals surface area contributed by atoms with Crippen LogP contribution in [0.15, 0.2) is 18.2 Å². The maximum absolute atomic E-state index is 12.3. The van der Waals surface area contributed by atoms with Crippen molar-refractivity contribution in [3.8, 4) is 0 Å². The molecule has 1 aromatic rings. The maximum atomic E-state index is 12.3. The Morgan fingerprint density at radius 2 is 2.10 bits per heavy atom. The highest BCUT2D eigenvalue weighted by Gasteiger charge is 2.20. The summed E-state index contributed by atoms with van der Waals surface area (Å²) in [5.74, 6) is -0.679. The van der Waals surface area contributed by atoms with E-state index in [4.69, 9.17) is 11.6 Å². The topological polar surface area (TPSA) is 92.6 Å². The van der Waals surface area contributed by atoms with Gasteiger partial charge in [-0.05, 0) is 18.6 Å². The molecule has 1 N–H and O–H groups in total. The van der Waals surface area contributed by atoms with Crippen molar-refractivity contribution in [2.75, 3.05) is 20.1 Å². The molecule has 114 valence electrons. The largest absolute Gasteiger partial charge is 0.358 e. The number of carbonyl (C=O) groups excluding carboxylic acids is 2. The number of nitrogens with one attached hydrogen (secondary N) is 1. The SMILES string of the molecule is CCCN(CC(=O)NC)C(=O)c1ccc([N+](=O)[O-])c(Cl)c1. The molecule has 2 amide bonds. The van der Waals surface area contributed by atoms with Gasteiger partial charge in [0, 0.05) is 25.2 Å². The Hall–Kier alpha value is -2.15. The van der Waals surface area contributed by atoms with Gasteiger partial charge in [-0.1, -0.05) is 18.5 Å².